The van der Waals surface area contributed by atoms with Crippen molar-refractivity contribution < 1.29 is 4.79 Å². The normalized spacial score (nSPS) is 10.5. The fourth-order valence-corrected chi connectivity index (χ4v) is 0.546. The van der Waals surface area contributed by atoms with Crippen molar-refractivity contribution in [3.8, 4) is 6.07 Å². The van der Waals surface area contributed by atoms with Gasteiger partial charge in [-0.3, -0.25) is 4.79 Å². The second-order valence-electron chi connectivity index (χ2n) is 3.54. The minimum Gasteiger partial charge on any atom is -0.342 e. The van der Waals surface area contributed by atoms with Gasteiger partial charge in [0.25, 0.3) is 0 Å². The SMILES string of the molecule is CC(C)(C)NCC(=O)NCC#N. The third-order valence-corrected chi connectivity index (χ3v) is 1.14. The van der Waals surface area contributed by atoms with Crippen molar-refractivity contribution in [3.05, 3.63) is 0 Å². The molecule has 0 saturated heterocycles. The first kappa shape index (κ1) is 10.9. The van der Waals surface area contributed by atoms with E-state index in [0.29, 0.717) is 0 Å². The van der Waals surface area contributed by atoms with Crippen molar-refractivity contribution in [2.45, 2.75) is 26.3 Å². The third-order valence-electron chi connectivity index (χ3n) is 1.14. The summed E-state index contributed by atoms with van der Waals surface area (Å²) in [4.78, 5) is 10.9. The Morgan fingerprint density at radius 3 is 2.50 bits per heavy atom. The molecule has 68 valence electrons. The molecule has 0 aliphatic carbocycles. The molecule has 0 aromatic carbocycles. The maximum Gasteiger partial charge on any atom is 0.234 e. The van der Waals surface area contributed by atoms with Crippen LogP contribution in [0.15, 0.2) is 0 Å². The number of carbonyl (C=O) groups is 1. The fraction of sp³-hybridized carbons (Fsp3) is 0.750. The van der Waals surface area contributed by atoms with E-state index >= 15 is 0 Å². The van der Waals surface area contributed by atoms with Crippen molar-refractivity contribution in [2.24, 2.45) is 0 Å². The first-order chi connectivity index (χ1) is 5.45. The molecule has 0 atom stereocenters. The van der Waals surface area contributed by atoms with Crippen LogP contribution >= 0.6 is 0 Å². The minimum atomic E-state index is -0.147. The van der Waals surface area contributed by atoms with E-state index in [2.05, 4.69) is 10.6 Å². The average Bonchev–Trinajstić information content (AvgIpc) is 1.95. The van der Waals surface area contributed by atoms with Crippen molar-refractivity contribution >= 4 is 5.91 Å². The van der Waals surface area contributed by atoms with E-state index in [0.717, 1.165) is 0 Å². The molecule has 0 aromatic heterocycles. The van der Waals surface area contributed by atoms with Gasteiger partial charge in [-0.15, -0.1) is 0 Å². The van der Waals surface area contributed by atoms with Crippen LogP contribution in [0.5, 0.6) is 0 Å². The summed E-state index contributed by atoms with van der Waals surface area (Å²) in [6.07, 6.45) is 0. The minimum absolute atomic E-state index is 0.0655. The monoisotopic (exact) mass is 169 g/mol. The third kappa shape index (κ3) is 7.03. The van der Waals surface area contributed by atoms with E-state index < -0.39 is 0 Å². The quantitative estimate of drug-likeness (QED) is 0.585. The standard InChI is InChI=1S/C8H15N3O/c1-8(2,3)11-6-7(12)10-5-4-9/h11H,5-6H2,1-3H3,(H,10,12). The molecule has 0 radical (unpaired) electrons. The number of hydrogen-bond donors (Lipinski definition) is 2. The zero-order valence-corrected chi connectivity index (χ0v) is 7.77. The molecule has 4 heteroatoms. The van der Waals surface area contributed by atoms with Gasteiger partial charge in [-0.1, -0.05) is 0 Å². The second-order valence-corrected chi connectivity index (χ2v) is 3.54. The fourth-order valence-electron chi connectivity index (χ4n) is 0.546. The highest BCUT2D eigenvalue weighted by Gasteiger charge is 2.10. The van der Waals surface area contributed by atoms with E-state index in [9.17, 15) is 4.79 Å². The number of amides is 1. The van der Waals surface area contributed by atoms with E-state index in [4.69, 9.17) is 5.26 Å². The first-order valence-electron chi connectivity index (χ1n) is 3.84. The summed E-state index contributed by atoms with van der Waals surface area (Å²) < 4.78 is 0. The molecule has 0 saturated carbocycles. The molecule has 1 amide bonds. The lowest BCUT2D eigenvalue weighted by Gasteiger charge is -2.19. The molecule has 0 spiro atoms. The maximum absolute atomic E-state index is 10.9. The van der Waals surface area contributed by atoms with Crippen LogP contribution in [0.1, 0.15) is 20.8 Å². The van der Waals surface area contributed by atoms with Crippen LogP contribution < -0.4 is 10.6 Å². The Kier molecular flexibility index (Phi) is 4.30. The molecule has 0 bridgehead atoms. The van der Waals surface area contributed by atoms with E-state index in [1.54, 1.807) is 0 Å². The van der Waals surface area contributed by atoms with Gasteiger partial charge in [0, 0.05) is 5.54 Å². The van der Waals surface area contributed by atoms with Gasteiger partial charge in [0.1, 0.15) is 6.54 Å². The lowest BCUT2D eigenvalue weighted by atomic mass is 10.1. The van der Waals surface area contributed by atoms with Gasteiger partial charge in [0.2, 0.25) is 5.91 Å². The second kappa shape index (κ2) is 4.73. The highest BCUT2D eigenvalue weighted by atomic mass is 16.1. The van der Waals surface area contributed by atoms with Gasteiger partial charge < -0.3 is 10.6 Å². The Morgan fingerprint density at radius 2 is 2.08 bits per heavy atom. The molecule has 0 heterocycles. The summed E-state index contributed by atoms with van der Waals surface area (Å²) in [6.45, 7) is 6.26. The number of nitrogens with zero attached hydrogens (tertiary/aromatic N) is 1. The molecular formula is C8H15N3O. The number of hydrogen-bond acceptors (Lipinski definition) is 3. The predicted octanol–water partition coefficient (Wildman–Crippen LogP) is 0.0143. The Hall–Kier alpha value is -1.08. The highest BCUT2D eigenvalue weighted by Crippen LogP contribution is 1.96. The molecule has 0 rings (SSSR count). The van der Waals surface area contributed by atoms with Gasteiger partial charge in [0.15, 0.2) is 0 Å². The summed E-state index contributed by atoms with van der Waals surface area (Å²) in [5.74, 6) is -0.147. The lowest BCUT2D eigenvalue weighted by molar-refractivity contribution is -0.120. The average molecular weight is 169 g/mol. The lowest BCUT2D eigenvalue weighted by Crippen LogP contribution is -2.43. The Bertz CT molecular complexity index is 187. The molecule has 2 N–H and O–H groups in total. The molecule has 0 fully saturated rings. The summed E-state index contributed by atoms with van der Waals surface area (Å²) in [5.41, 5.74) is -0.0655. The number of nitrogens with one attached hydrogen (secondary N) is 2. The zero-order chi connectivity index (χ0) is 9.61. The molecule has 0 unspecified atom stereocenters. The summed E-state index contributed by atoms with van der Waals surface area (Å²) >= 11 is 0. The zero-order valence-electron chi connectivity index (χ0n) is 7.77. The summed E-state index contributed by atoms with van der Waals surface area (Å²) in [5, 5.41) is 13.6. The van der Waals surface area contributed by atoms with Crippen molar-refractivity contribution in [1.29, 1.82) is 5.26 Å². The van der Waals surface area contributed by atoms with E-state index in [-0.39, 0.29) is 24.5 Å². The van der Waals surface area contributed by atoms with Gasteiger partial charge >= 0.3 is 0 Å². The summed E-state index contributed by atoms with van der Waals surface area (Å²) in [6, 6.07) is 1.84. The van der Waals surface area contributed by atoms with Gasteiger partial charge in [0.05, 0.1) is 12.6 Å². The summed E-state index contributed by atoms with van der Waals surface area (Å²) in [7, 11) is 0. The van der Waals surface area contributed by atoms with Crippen LogP contribution in [0.4, 0.5) is 0 Å². The Balaban J connectivity index is 3.53. The first-order valence-corrected chi connectivity index (χ1v) is 3.84. The topological polar surface area (TPSA) is 64.9 Å². The van der Waals surface area contributed by atoms with E-state index in [1.165, 1.54) is 0 Å². The van der Waals surface area contributed by atoms with Crippen molar-refractivity contribution in [1.82, 2.24) is 10.6 Å². The molecule has 12 heavy (non-hydrogen) atoms. The molecule has 4 nitrogen and oxygen atoms in total. The highest BCUT2D eigenvalue weighted by molar-refractivity contribution is 5.78. The van der Waals surface area contributed by atoms with Crippen LogP contribution in [0.2, 0.25) is 0 Å². The van der Waals surface area contributed by atoms with Crippen LogP contribution in [0.3, 0.4) is 0 Å². The molecule has 0 aliphatic heterocycles. The van der Waals surface area contributed by atoms with Crippen LogP contribution in [-0.4, -0.2) is 24.5 Å². The Morgan fingerprint density at radius 1 is 1.50 bits per heavy atom. The van der Waals surface area contributed by atoms with Crippen LogP contribution in [0.25, 0.3) is 0 Å². The maximum atomic E-state index is 10.9. The van der Waals surface area contributed by atoms with Gasteiger partial charge in [-0.05, 0) is 20.8 Å². The molecular weight excluding hydrogens is 154 g/mol. The number of carbonyl (C=O) groups excluding carboxylic acids is 1. The number of nitriles is 1. The predicted molar refractivity (Wildman–Crippen MR) is 46.4 cm³/mol. The Labute approximate surface area is 72.9 Å². The van der Waals surface area contributed by atoms with E-state index in [1.807, 2.05) is 26.8 Å². The molecule has 0 aliphatic rings. The smallest absolute Gasteiger partial charge is 0.234 e. The van der Waals surface area contributed by atoms with Crippen LogP contribution in [0, 0.1) is 11.3 Å². The van der Waals surface area contributed by atoms with Crippen molar-refractivity contribution in [2.75, 3.05) is 13.1 Å². The molecule has 0 aromatic rings. The van der Waals surface area contributed by atoms with Gasteiger partial charge in [-0.25, -0.2) is 0 Å². The van der Waals surface area contributed by atoms with Gasteiger partial charge in [-0.2, -0.15) is 5.26 Å². The van der Waals surface area contributed by atoms with Crippen LogP contribution in [-0.2, 0) is 4.79 Å². The number of rotatable bonds is 3. The largest absolute Gasteiger partial charge is 0.342 e. The van der Waals surface area contributed by atoms with Crippen molar-refractivity contribution in [3.63, 3.8) is 0 Å².